The van der Waals surface area contributed by atoms with Crippen molar-refractivity contribution in [2.24, 2.45) is 17.8 Å². The molecule has 1 fully saturated rings. The number of hydrogen-bond donors (Lipinski definition) is 0. The summed E-state index contributed by atoms with van der Waals surface area (Å²) in [6.07, 6.45) is 11.9. The molecule has 0 aromatic rings. The molecule has 78 valence electrons. The average molecular weight is 202 g/mol. The van der Waals surface area contributed by atoms with Gasteiger partial charge in [0.1, 0.15) is 0 Å². The fraction of sp³-hybridized carbons (Fsp3) is 0.462. The van der Waals surface area contributed by atoms with Crippen molar-refractivity contribution >= 4 is 5.78 Å². The Morgan fingerprint density at radius 3 is 3.27 bits per heavy atom. The summed E-state index contributed by atoms with van der Waals surface area (Å²) >= 11 is 0. The maximum Gasteiger partial charge on any atom is 0.155 e. The van der Waals surface area contributed by atoms with Crippen LogP contribution in [0.25, 0.3) is 0 Å². The van der Waals surface area contributed by atoms with E-state index < -0.39 is 0 Å². The van der Waals surface area contributed by atoms with Gasteiger partial charge in [-0.2, -0.15) is 0 Å². The van der Waals surface area contributed by atoms with Gasteiger partial charge in [-0.15, -0.1) is 0 Å². The highest BCUT2D eigenvalue weighted by Gasteiger charge is 2.38. The van der Waals surface area contributed by atoms with Crippen molar-refractivity contribution < 1.29 is 9.53 Å². The van der Waals surface area contributed by atoms with Gasteiger partial charge in [0.05, 0.1) is 12.4 Å². The first kappa shape index (κ1) is 8.96. The molecule has 0 aromatic carbocycles. The Kier molecular flexibility index (Phi) is 2.01. The summed E-state index contributed by atoms with van der Waals surface area (Å²) in [5.74, 6) is 2.73. The molecule has 1 saturated heterocycles. The molecule has 0 bridgehead atoms. The molecular weight excluding hydrogens is 188 g/mol. The van der Waals surface area contributed by atoms with Gasteiger partial charge < -0.3 is 4.74 Å². The monoisotopic (exact) mass is 202 g/mol. The van der Waals surface area contributed by atoms with Crippen LogP contribution in [0.2, 0.25) is 0 Å². The number of allylic oxidation sites excluding steroid dienone is 6. The number of rotatable bonds is 0. The highest BCUT2D eigenvalue weighted by atomic mass is 16.5. The topological polar surface area (TPSA) is 26.3 Å². The van der Waals surface area contributed by atoms with Crippen LogP contribution in [-0.4, -0.2) is 12.4 Å². The molecular formula is C13H14O2. The molecule has 2 heteroatoms. The molecule has 0 amide bonds. The molecule has 1 aliphatic heterocycles. The highest BCUT2D eigenvalue weighted by Crippen LogP contribution is 2.41. The average Bonchev–Trinajstić information content (AvgIpc) is 2.28. The van der Waals surface area contributed by atoms with Crippen molar-refractivity contribution in [2.45, 2.75) is 12.8 Å². The molecule has 2 aliphatic carbocycles. The van der Waals surface area contributed by atoms with Crippen LogP contribution in [0.3, 0.4) is 0 Å². The van der Waals surface area contributed by atoms with Crippen LogP contribution in [-0.2, 0) is 9.53 Å². The third kappa shape index (κ3) is 1.44. The Bertz CT molecular complexity index is 376. The zero-order valence-electron chi connectivity index (χ0n) is 8.56. The largest absolute Gasteiger partial charge is 0.497 e. The quantitative estimate of drug-likeness (QED) is 0.602. The lowest BCUT2D eigenvalue weighted by molar-refractivity contribution is -0.117. The molecule has 15 heavy (non-hydrogen) atoms. The van der Waals surface area contributed by atoms with E-state index in [0.29, 0.717) is 30.8 Å². The number of hydrogen-bond acceptors (Lipinski definition) is 2. The Hall–Kier alpha value is -1.31. The van der Waals surface area contributed by atoms with E-state index in [-0.39, 0.29) is 5.78 Å². The van der Waals surface area contributed by atoms with Crippen LogP contribution >= 0.6 is 0 Å². The Balaban J connectivity index is 1.91. The molecule has 0 N–H and O–H groups in total. The first-order valence-corrected chi connectivity index (χ1v) is 5.55. The van der Waals surface area contributed by atoms with Gasteiger partial charge in [0, 0.05) is 18.3 Å². The Morgan fingerprint density at radius 1 is 1.40 bits per heavy atom. The zero-order valence-corrected chi connectivity index (χ0v) is 8.56. The lowest BCUT2D eigenvalue weighted by atomic mass is 9.71. The van der Waals surface area contributed by atoms with Crippen LogP contribution < -0.4 is 0 Å². The van der Waals surface area contributed by atoms with Gasteiger partial charge in [0.15, 0.2) is 5.78 Å². The minimum absolute atomic E-state index is 0.249. The molecule has 3 aliphatic rings. The van der Waals surface area contributed by atoms with Crippen molar-refractivity contribution in [1.29, 1.82) is 0 Å². The standard InChI is InChI=1S/C13H14O2/c14-10-5-6-11-9(7-10)8-15-13-4-2-1-3-12(11)13/h1-2,4-6,9,11-12H,3,7-8H2. The second-order valence-corrected chi connectivity index (χ2v) is 4.52. The molecule has 1 heterocycles. The molecule has 3 unspecified atom stereocenters. The van der Waals surface area contributed by atoms with Crippen LogP contribution in [0.4, 0.5) is 0 Å². The van der Waals surface area contributed by atoms with Crippen molar-refractivity contribution in [3.63, 3.8) is 0 Å². The number of fused-ring (bicyclic) bond motifs is 3. The summed E-state index contributed by atoms with van der Waals surface area (Å²) in [7, 11) is 0. The Labute approximate surface area is 89.3 Å². The van der Waals surface area contributed by atoms with Crippen molar-refractivity contribution in [2.75, 3.05) is 6.61 Å². The predicted molar refractivity (Wildman–Crippen MR) is 57.0 cm³/mol. The fourth-order valence-corrected chi connectivity index (χ4v) is 2.80. The fourth-order valence-electron chi connectivity index (χ4n) is 2.80. The van der Waals surface area contributed by atoms with Crippen LogP contribution in [0, 0.1) is 17.8 Å². The van der Waals surface area contributed by atoms with Gasteiger partial charge >= 0.3 is 0 Å². The van der Waals surface area contributed by atoms with Gasteiger partial charge in [-0.05, 0) is 24.5 Å². The van der Waals surface area contributed by atoms with Gasteiger partial charge in [0.25, 0.3) is 0 Å². The number of carbonyl (C=O) groups is 1. The second kappa shape index (κ2) is 3.37. The summed E-state index contributed by atoms with van der Waals surface area (Å²) in [4.78, 5) is 11.3. The summed E-state index contributed by atoms with van der Waals surface area (Å²) < 4.78 is 5.72. The molecule has 0 radical (unpaired) electrons. The van der Waals surface area contributed by atoms with E-state index in [1.807, 2.05) is 0 Å². The lowest BCUT2D eigenvalue weighted by Crippen LogP contribution is -2.36. The van der Waals surface area contributed by atoms with Crippen LogP contribution in [0.5, 0.6) is 0 Å². The van der Waals surface area contributed by atoms with Gasteiger partial charge in [-0.25, -0.2) is 0 Å². The molecule has 0 saturated carbocycles. The molecule has 3 rings (SSSR count). The number of carbonyl (C=O) groups excluding carboxylic acids is 1. The SMILES string of the molecule is O=C1C=CC2C(COC3=CC=CCC32)C1. The van der Waals surface area contributed by atoms with E-state index in [1.165, 1.54) is 0 Å². The van der Waals surface area contributed by atoms with E-state index >= 15 is 0 Å². The number of ketones is 1. The maximum atomic E-state index is 11.3. The molecule has 0 aromatic heterocycles. The smallest absolute Gasteiger partial charge is 0.155 e. The van der Waals surface area contributed by atoms with Gasteiger partial charge in [-0.3, -0.25) is 4.79 Å². The van der Waals surface area contributed by atoms with E-state index in [1.54, 1.807) is 6.08 Å². The molecule has 2 nitrogen and oxygen atoms in total. The van der Waals surface area contributed by atoms with Crippen LogP contribution in [0.1, 0.15) is 12.8 Å². The minimum Gasteiger partial charge on any atom is -0.497 e. The first-order chi connectivity index (χ1) is 7.34. The minimum atomic E-state index is 0.249. The Morgan fingerprint density at radius 2 is 2.33 bits per heavy atom. The van der Waals surface area contributed by atoms with Crippen LogP contribution in [0.15, 0.2) is 36.1 Å². The maximum absolute atomic E-state index is 11.3. The molecule has 3 atom stereocenters. The van der Waals surface area contributed by atoms with E-state index in [9.17, 15) is 4.79 Å². The predicted octanol–water partition coefficient (Wildman–Crippen LogP) is 2.24. The van der Waals surface area contributed by atoms with Gasteiger partial charge in [-0.1, -0.05) is 18.2 Å². The third-order valence-electron chi connectivity index (χ3n) is 3.59. The third-order valence-corrected chi connectivity index (χ3v) is 3.59. The normalized spacial score (nSPS) is 37.7. The van der Waals surface area contributed by atoms with E-state index in [4.69, 9.17) is 4.74 Å². The van der Waals surface area contributed by atoms with Crippen molar-refractivity contribution in [3.05, 3.63) is 36.1 Å². The summed E-state index contributed by atoms with van der Waals surface area (Å²) in [6, 6.07) is 0. The van der Waals surface area contributed by atoms with E-state index in [2.05, 4.69) is 24.3 Å². The van der Waals surface area contributed by atoms with Crippen molar-refractivity contribution in [3.8, 4) is 0 Å². The number of ether oxygens (including phenoxy) is 1. The lowest BCUT2D eigenvalue weighted by Gasteiger charge is -2.40. The first-order valence-electron chi connectivity index (χ1n) is 5.55. The summed E-state index contributed by atoms with van der Waals surface area (Å²) in [5, 5.41) is 0. The summed E-state index contributed by atoms with van der Waals surface area (Å²) in [5.41, 5.74) is 0. The molecule has 0 spiro atoms. The zero-order chi connectivity index (χ0) is 10.3. The highest BCUT2D eigenvalue weighted by molar-refractivity contribution is 5.90. The van der Waals surface area contributed by atoms with Gasteiger partial charge in [0.2, 0.25) is 0 Å². The summed E-state index contributed by atoms with van der Waals surface area (Å²) in [6.45, 7) is 0.705. The van der Waals surface area contributed by atoms with Crippen molar-refractivity contribution in [1.82, 2.24) is 0 Å². The van der Waals surface area contributed by atoms with E-state index in [0.717, 1.165) is 12.2 Å². The second-order valence-electron chi connectivity index (χ2n) is 4.52.